The summed E-state index contributed by atoms with van der Waals surface area (Å²) < 4.78 is 15.8. The zero-order valence-electron chi connectivity index (χ0n) is 20.4. The van der Waals surface area contributed by atoms with E-state index in [1.54, 1.807) is 12.1 Å². The molecule has 2 rings (SSSR count). The Morgan fingerprint density at radius 1 is 0.909 bits per heavy atom. The molecule has 0 atom stereocenters. The van der Waals surface area contributed by atoms with Crippen molar-refractivity contribution in [2.45, 2.75) is 39.8 Å². The number of hydrogen-bond acceptors (Lipinski definition) is 7. The van der Waals surface area contributed by atoms with Crippen molar-refractivity contribution in [1.82, 2.24) is 15.2 Å². The molecule has 2 N–H and O–H groups in total. The zero-order chi connectivity index (χ0) is 24.5. The van der Waals surface area contributed by atoms with Crippen LogP contribution >= 0.6 is 0 Å². The molecule has 0 unspecified atom stereocenters. The van der Waals surface area contributed by atoms with Gasteiger partial charge in [0, 0.05) is 49.1 Å². The predicted molar refractivity (Wildman–Crippen MR) is 128 cm³/mol. The number of ether oxygens (including phenoxy) is 3. The Morgan fingerprint density at radius 3 is 2.09 bits per heavy atom. The number of anilines is 1. The van der Waals surface area contributed by atoms with E-state index in [2.05, 4.69) is 48.2 Å². The molecule has 2 amide bonds. The fourth-order valence-corrected chi connectivity index (χ4v) is 3.54. The molecule has 1 heterocycles. The number of aromatic nitrogens is 1. The number of pyridine rings is 1. The summed E-state index contributed by atoms with van der Waals surface area (Å²) in [5, 5.41) is 5.63. The number of benzene rings is 1. The quantitative estimate of drug-likeness (QED) is 0.533. The van der Waals surface area contributed by atoms with E-state index >= 15 is 0 Å². The Hall–Kier alpha value is -3.33. The Labute approximate surface area is 195 Å². The van der Waals surface area contributed by atoms with Crippen molar-refractivity contribution in [3.63, 3.8) is 0 Å². The standard InChI is InChI=1S/C24H34N4O5/c1-15(2)28(16(3)4)11-10-26-23(29)17-8-9-25-22(12-17)27-24(30)18-13-20(32-6)21(33-7)14-19(18)31-5/h8-9,12-16H,10-11H2,1-7H3,(H,26,29)(H,25,27,30). The number of amides is 2. The number of methoxy groups -OCH3 is 3. The van der Waals surface area contributed by atoms with Crippen molar-refractivity contribution in [1.29, 1.82) is 0 Å². The van der Waals surface area contributed by atoms with E-state index in [1.807, 2.05) is 0 Å². The molecule has 0 saturated heterocycles. The molecule has 9 nitrogen and oxygen atoms in total. The first kappa shape index (κ1) is 25.9. The maximum Gasteiger partial charge on any atom is 0.260 e. The lowest BCUT2D eigenvalue weighted by Crippen LogP contribution is -2.42. The average Bonchev–Trinajstić information content (AvgIpc) is 2.80. The Bertz CT molecular complexity index is 954. The normalized spacial score (nSPS) is 11.0. The van der Waals surface area contributed by atoms with Crippen molar-refractivity contribution in [3.8, 4) is 17.2 Å². The second-order valence-corrected chi connectivity index (χ2v) is 7.97. The van der Waals surface area contributed by atoms with Crippen molar-refractivity contribution in [2.75, 3.05) is 39.7 Å². The van der Waals surface area contributed by atoms with Crippen molar-refractivity contribution < 1.29 is 23.8 Å². The molecule has 0 aliphatic carbocycles. The van der Waals surface area contributed by atoms with E-state index < -0.39 is 5.91 Å². The second-order valence-electron chi connectivity index (χ2n) is 7.97. The number of hydrogen-bond donors (Lipinski definition) is 2. The molecule has 1 aromatic carbocycles. The van der Waals surface area contributed by atoms with Crippen LogP contribution in [-0.4, -0.2) is 68.2 Å². The van der Waals surface area contributed by atoms with Gasteiger partial charge in [0.1, 0.15) is 11.6 Å². The minimum absolute atomic E-state index is 0.232. The summed E-state index contributed by atoms with van der Waals surface area (Å²) >= 11 is 0. The van der Waals surface area contributed by atoms with Gasteiger partial charge in [-0.25, -0.2) is 4.98 Å². The monoisotopic (exact) mass is 458 g/mol. The molecule has 0 fully saturated rings. The highest BCUT2D eigenvalue weighted by molar-refractivity contribution is 6.06. The number of nitrogens with one attached hydrogen (secondary N) is 2. The lowest BCUT2D eigenvalue weighted by atomic mass is 10.1. The molecule has 0 radical (unpaired) electrons. The smallest absolute Gasteiger partial charge is 0.260 e. The summed E-state index contributed by atoms with van der Waals surface area (Å²) in [6.45, 7) is 9.79. The Morgan fingerprint density at radius 2 is 1.52 bits per heavy atom. The van der Waals surface area contributed by atoms with E-state index in [1.165, 1.54) is 39.7 Å². The van der Waals surface area contributed by atoms with Gasteiger partial charge in [0.2, 0.25) is 0 Å². The molecule has 0 bridgehead atoms. The van der Waals surface area contributed by atoms with Gasteiger partial charge in [-0.15, -0.1) is 0 Å². The first-order valence-electron chi connectivity index (χ1n) is 10.8. The molecule has 9 heteroatoms. The van der Waals surface area contributed by atoms with E-state index in [0.29, 0.717) is 41.4 Å². The molecule has 180 valence electrons. The minimum Gasteiger partial charge on any atom is -0.496 e. The first-order chi connectivity index (χ1) is 15.7. The molecular formula is C24H34N4O5. The topological polar surface area (TPSA) is 102 Å². The van der Waals surface area contributed by atoms with Crippen LogP contribution in [0.5, 0.6) is 17.2 Å². The van der Waals surface area contributed by atoms with Gasteiger partial charge in [-0.2, -0.15) is 0 Å². The van der Waals surface area contributed by atoms with Gasteiger partial charge >= 0.3 is 0 Å². The Balaban J connectivity index is 2.10. The highest BCUT2D eigenvalue weighted by Crippen LogP contribution is 2.34. The number of nitrogens with zero attached hydrogens (tertiary/aromatic N) is 2. The van der Waals surface area contributed by atoms with Gasteiger partial charge in [-0.3, -0.25) is 14.5 Å². The number of rotatable bonds is 11. The third kappa shape index (κ3) is 6.82. The van der Waals surface area contributed by atoms with E-state index in [9.17, 15) is 9.59 Å². The van der Waals surface area contributed by atoms with Gasteiger partial charge < -0.3 is 24.8 Å². The van der Waals surface area contributed by atoms with Gasteiger partial charge in [0.25, 0.3) is 11.8 Å². The van der Waals surface area contributed by atoms with Crippen LogP contribution in [0.4, 0.5) is 5.82 Å². The summed E-state index contributed by atoms with van der Waals surface area (Å²) in [6.07, 6.45) is 1.48. The maximum atomic E-state index is 12.9. The third-order valence-corrected chi connectivity index (χ3v) is 5.20. The van der Waals surface area contributed by atoms with Crippen LogP contribution in [0.15, 0.2) is 30.5 Å². The molecule has 1 aromatic heterocycles. The van der Waals surface area contributed by atoms with Crippen LogP contribution in [0.1, 0.15) is 48.4 Å². The van der Waals surface area contributed by atoms with Crippen molar-refractivity contribution in [2.24, 2.45) is 0 Å². The fraction of sp³-hybridized carbons (Fsp3) is 0.458. The minimum atomic E-state index is -0.456. The van der Waals surface area contributed by atoms with E-state index in [-0.39, 0.29) is 17.3 Å². The van der Waals surface area contributed by atoms with Crippen LogP contribution in [0, 0.1) is 0 Å². The fourth-order valence-electron chi connectivity index (χ4n) is 3.54. The van der Waals surface area contributed by atoms with Gasteiger partial charge in [0.15, 0.2) is 11.5 Å². The predicted octanol–water partition coefficient (Wildman–Crippen LogP) is 3.21. The SMILES string of the molecule is COc1cc(OC)c(C(=O)Nc2cc(C(=O)NCCN(C(C)C)C(C)C)ccn2)cc1OC. The molecule has 0 aliphatic rings. The summed E-state index contributed by atoms with van der Waals surface area (Å²) in [6, 6.07) is 7.01. The van der Waals surface area contributed by atoms with Gasteiger partial charge in [-0.05, 0) is 39.8 Å². The third-order valence-electron chi connectivity index (χ3n) is 5.20. The summed E-state index contributed by atoms with van der Waals surface area (Å²) in [4.78, 5) is 31.9. The molecule has 2 aromatic rings. The lowest BCUT2D eigenvalue weighted by Gasteiger charge is -2.30. The van der Waals surface area contributed by atoms with Gasteiger partial charge in [0.05, 0.1) is 26.9 Å². The molecule has 0 saturated carbocycles. The second kappa shape index (κ2) is 12.1. The summed E-state index contributed by atoms with van der Waals surface area (Å²) in [7, 11) is 4.44. The van der Waals surface area contributed by atoms with Crippen LogP contribution in [0.25, 0.3) is 0 Å². The number of carbonyl (C=O) groups excluding carboxylic acids is 2. The molecule has 0 aliphatic heterocycles. The molecular weight excluding hydrogens is 424 g/mol. The van der Waals surface area contributed by atoms with E-state index in [4.69, 9.17) is 14.2 Å². The highest BCUT2D eigenvalue weighted by atomic mass is 16.5. The largest absolute Gasteiger partial charge is 0.496 e. The first-order valence-corrected chi connectivity index (χ1v) is 10.8. The molecule has 0 spiro atoms. The van der Waals surface area contributed by atoms with Crippen LogP contribution < -0.4 is 24.8 Å². The van der Waals surface area contributed by atoms with Crippen LogP contribution in [-0.2, 0) is 0 Å². The van der Waals surface area contributed by atoms with E-state index in [0.717, 1.165) is 6.54 Å². The van der Waals surface area contributed by atoms with Crippen molar-refractivity contribution >= 4 is 17.6 Å². The molecule has 33 heavy (non-hydrogen) atoms. The summed E-state index contributed by atoms with van der Waals surface area (Å²) in [5.41, 5.74) is 0.648. The maximum absolute atomic E-state index is 12.9. The summed E-state index contributed by atoms with van der Waals surface area (Å²) in [5.74, 6) is 0.707. The average molecular weight is 459 g/mol. The van der Waals surface area contributed by atoms with Crippen molar-refractivity contribution in [3.05, 3.63) is 41.6 Å². The Kier molecular flexibility index (Phi) is 9.47. The number of carbonyl (C=O) groups is 2. The van der Waals surface area contributed by atoms with Crippen LogP contribution in [0.3, 0.4) is 0 Å². The zero-order valence-corrected chi connectivity index (χ0v) is 20.4. The van der Waals surface area contributed by atoms with Crippen LogP contribution in [0.2, 0.25) is 0 Å². The van der Waals surface area contributed by atoms with Gasteiger partial charge in [-0.1, -0.05) is 0 Å². The lowest BCUT2D eigenvalue weighted by molar-refractivity contribution is 0.0938. The highest BCUT2D eigenvalue weighted by Gasteiger charge is 2.19.